The predicted octanol–water partition coefficient (Wildman–Crippen LogP) is 3.43. The molecule has 1 amide bonds. The van der Waals surface area contributed by atoms with Crippen LogP contribution in [0.4, 0.5) is 0 Å². The normalized spacial score (nSPS) is 15.4. The summed E-state index contributed by atoms with van der Waals surface area (Å²) in [5.41, 5.74) is 2.54. The number of rotatable bonds is 3. The van der Waals surface area contributed by atoms with E-state index >= 15 is 0 Å². The van der Waals surface area contributed by atoms with Gasteiger partial charge >= 0.3 is 0 Å². The fourth-order valence-corrected chi connectivity index (χ4v) is 3.13. The van der Waals surface area contributed by atoms with Crippen molar-refractivity contribution in [3.63, 3.8) is 0 Å². The first-order valence-corrected chi connectivity index (χ1v) is 8.41. The number of benzene rings is 1. The van der Waals surface area contributed by atoms with Gasteiger partial charge in [-0.25, -0.2) is 9.97 Å². The number of aryl methyl sites for hydroxylation is 2. The molecule has 0 saturated carbocycles. The van der Waals surface area contributed by atoms with Crippen LogP contribution in [-0.4, -0.2) is 40.0 Å². The van der Waals surface area contributed by atoms with Gasteiger partial charge in [-0.2, -0.15) is 0 Å². The molecule has 0 bridgehead atoms. The van der Waals surface area contributed by atoms with E-state index in [1.54, 1.807) is 4.90 Å². The summed E-state index contributed by atoms with van der Waals surface area (Å²) in [6.45, 7) is 5.37. The van der Waals surface area contributed by atoms with Crippen LogP contribution in [0.1, 0.15) is 34.5 Å². The lowest BCUT2D eigenvalue weighted by Crippen LogP contribution is -2.42. The van der Waals surface area contributed by atoms with Gasteiger partial charge in [-0.1, -0.05) is 29.8 Å². The number of likely N-dealkylation sites (tertiary alicyclic amines) is 1. The molecule has 0 N–H and O–H groups in total. The third-order valence-electron chi connectivity index (χ3n) is 4.29. The zero-order chi connectivity index (χ0) is 17.1. The molecule has 0 spiro atoms. The summed E-state index contributed by atoms with van der Waals surface area (Å²) in [6.07, 6.45) is 4.49. The summed E-state index contributed by atoms with van der Waals surface area (Å²) in [4.78, 5) is 22.1. The third-order valence-corrected chi connectivity index (χ3v) is 4.57. The van der Waals surface area contributed by atoms with Crippen LogP contribution in [0.25, 0.3) is 0 Å². The number of ether oxygens (including phenoxy) is 1. The Bertz CT molecular complexity index is 723. The average molecular weight is 346 g/mol. The first-order chi connectivity index (χ1) is 11.6. The monoisotopic (exact) mass is 345 g/mol. The summed E-state index contributed by atoms with van der Waals surface area (Å²) < 4.78 is 6.18. The molecule has 126 valence electrons. The fraction of sp³-hybridized carbons (Fsp3) is 0.389. The van der Waals surface area contributed by atoms with E-state index in [0.29, 0.717) is 13.1 Å². The Labute approximate surface area is 146 Å². The van der Waals surface area contributed by atoms with Gasteiger partial charge in [-0.3, -0.25) is 4.79 Å². The molecule has 2 aromatic rings. The maximum Gasteiger partial charge on any atom is 0.274 e. The second-order valence-electron chi connectivity index (χ2n) is 6.05. The highest BCUT2D eigenvalue weighted by atomic mass is 35.5. The maximum atomic E-state index is 12.5. The molecule has 5 nitrogen and oxygen atoms in total. The van der Waals surface area contributed by atoms with Crippen molar-refractivity contribution in [2.75, 3.05) is 13.1 Å². The molecule has 0 atom stereocenters. The Balaban J connectivity index is 1.62. The molecular formula is C18H20ClN3O2. The highest BCUT2D eigenvalue weighted by Gasteiger charge is 2.27. The summed E-state index contributed by atoms with van der Waals surface area (Å²) in [5.74, 6) is 0.814. The quantitative estimate of drug-likeness (QED) is 0.855. The minimum absolute atomic E-state index is 0.120. The number of piperidine rings is 1. The molecular weight excluding hydrogens is 326 g/mol. The van der Waals surface area contributed by atoms with Crippen molar-refractivity contribution in [1.82, 2.24) is 14.9 Å². The molecule has 6 heteroatoms. The van der Waals surface area contributed by atoms with Crippen LogP contribution in [0.3, 0.4) is 0 Å². The molecule has 1 aliphatic heterocycles. The molecule has 1 fully saturated rings. The van der Waals surface area contributed by atoms with E-state index < -0.39 is 0 Å². The van der Waals surface area contributed by atoms with Crippen molar-refractivity contribution in [2.24, 2.45) is 0 Å². The van der Waals surface area contributed by atoms with Gasteiger partial charge in [-0.15, -0.1) is 0 Å². The lowest BCUT2D eigenvalue weighted by molar-refractivity contribution is 0.0587. The molecule has 1 aliphatic rings. The van der Waals surface area contributed by atoms with Crippen LogP contribution in [0, 0.1) is 13.8 Å². The van der Waals surface area contributed by atoms with Crippen LogP contribution < -0.4 is 4.74 Å². The lowest BCUT2D eigenvalue weighted by Gasteiger charge is -2.32. The van der Waals surface area contributed by atoms with Gasteiger partial charge in [0.1, 0.15) is 23.9 Å². The Kier molecular flexibility index (Phi) is 5.00. The van der Waals surface area contributed by atoms with Gasteiger partial charge in [0.2, 0.25) is 0 Å². The van der Waals surface area contributed by atoms with Crippen molar-refractivity contribution >= 4 is 17.5 Å². The van der Waals surface area contributed by atoms with Gasteiger partial charge in [0, 0.05) is 32.1 Å². The van der Waals surface area contributed by atoms with Crippen LogP contribution in [0.15, 0.2) is 30.7 Å². The average Bonchev–Trinajstić information content (AvgIpc) is 2.59. The molecule has 1 aromatic carbocycles. The Morgan fingerprint density at radius 1 is 1.25 bits per heavy atom. The summed E-state index contributed by atoms with van der Waals surface area (Å²) >= 11 is 6.01. The van der Waals surface area contributed by atoms with E-state index in [9.17, 15) is 4.79 Å². The number of para-hydroxylation sites is 1. The SMILES string of the molecule is Cc1cccc(C)c1OC1CCN(C(=O)c2ncncc2Cl)CC1. The lowest BCUT2D eigenvalue weighted by atomic mass is 10.1. The number of aromatic nitrogens is 2. The second-order valence-corrected chi connectivity index (χ2v) is 6.46. The number of hydrogen-bond donors (Lipinski definition) is 0. The van der Waals surface area contributed by atoms with Gasteiger partial charge in [0.15, 0.2) is 0 Å². The fourth-order valence-electron chi connectivity index (χ4n) is 2.95. The first-order valence-electron chi connectivity index (χ1n) is 8.04. The van der Waals surface area contributed by atoms with Crippen molar-refractivity contribution in [1.29, 1.82) is 0 Å². The number of amides is 1. The predicted molar refractivity (Wildman–Crippen MR) is 92.5 cm³/mol. The van der Waals surface area contributed by atoms with Crippen LogP contribution >= 0.6 is 11.6 Å². The Morgan fingerprint density at radius 2 is 1.92 bits per heavy atom. The number of hydrogen-bond acceptors (Lipinski definition) is 4. The zero-order valence-electron chi connectivity index (χ0n) is 13.8. The first kappa shape index (κ1) is 16.7. The highest BCUT2D eigenvalue weighted by molar-refractivity contribution is 6.33. The van der Waals surface area contributed by atoms with Crippen LogP contribution in [-0.2, 0) is 0 Å². The van der Waals surface area contributed by atoms with Gasteiger partial charge in [-0.05, 0) is 25.0 Å². The number of nitrogens with zero attached hydrogens (tertiary/aromatic N) is 3. The third kappa shape index (κ3) is 3.51. The zero-order valence-corrected chi connectivity index (χ0v) is 14.6. The number of carbonyl (C=O) groups is 1. The largest absolute Gasteiger partial charge is 0.490 e. The van der Waals surface area contributed by atoms with E-state index in [-0.39, 0.29) is 22.7 Å². The molecule has 1 saturated heterocycles. The van der Waals surface area contributed by atoms with E-state index in [2.05, 4.69) is 35.9 Å². The van der Waals surface area contributed by atoms with Gasteiger partial charge in [0.05, 0.1) is 5.02 Å². The molecule has 2 heterocycles. The molecule has 3 rings (SSSR count). The van der Waals surface area contributed by atoms with Crippen LogP contribution in [0.2, 0.25) is 5.02 Å². The highest BCUT2D eigenvalue weighted by Crippen LogP contribution is 2.27. The molecule has 24 heavy (non-hydrogen) atoms. The van der Waals surface area contributed by atoms with Crippen molar-refractivity contribution < 1.29 is 9.53 Å². The maximum absolute atomic E-state index is 12.5. The minimum Gasteiger partial charge on any atom is -0.490 e. The summed E-state index contributed by atoms with van der Waals surface area (Å²) in [7, 11) is 0. The van der Waals surface area contributed by atoms with E-state index in [1.165, 1.54) is 12.5 Å². The Morgan fingerprint density at radius 3 is 2.54 bits per heavy atom. The van der Waals surface area contributed by atoms with Gasteiger partial charge in [0.25, 0.3) is 5.91 Å². The van der Waals surface area contributed by atoms with E-state index in [0.717, 1.165) is 29.7 Å². The standard InChI is InChI=1S/C18H20ClN3O2/c1-12-4-3-5-13(2)17(12)24-14-6-8-22(9-7-14)18(23)16-15(19)10-20-11-21-16/h3-5,10-11,14H,6-9H2,1-2H3. The molecule has 0 aliphatic carbocycles. The smallest absolute Gasteiger partial charge is 0.274 e. The Hall–Kier alpha value is -2.14. The molecule has 1 aromatic heterocycles. The van der Waals surface area contributed by atoms with Gasteiger partial charge < -0.3 is 9.64 Å². The van der Waals surface area contributed by atoms with E-state index in [4.69, 9.17) is 16.3 Å². The van der Waals surface area contributed by atoms with Crippen molar-refractivity contribution in [3.05, 3.63) is 52.6 Å². The van der Waals surface area contributed by atoms with Crippen LogP contribution in [0.5, 0.6) is 5.75 Å². The van der Waals surface area contributed by atoms with Crippen molar-refractivity contribution in [2.45, 2.75) is 32.8 Å². The molecule has 0 radical (unpaired) electrons. The number of halogens is 1. The topological polar surface area (TPSA) is 55.3 Å². The molecule has 0 unspecified atom stereocenters. The number of carbonyl (C=O) groups excluding carboxylic acids is 1. The van der Waals surface area contributed by atoms with E-state index in [1.807, 2.05) is 6.07 Å². The van der Waals surface area contributed by atoms with Crippen molar-refractivity contribution in [3.8, 4) is 5.75 Å². The minimum atomic E-state index is -0.145. The second kappa shape index (κ2) is 7.18. The summed E-state index contributed by atoms with van der Waals surface area (Å²) in [6, 6.07) is 6.14. The summed E-state index contributed by atoms with van der Waals surface area (Å²) in [5, 5.41) is 0.288.